The maximum atomic E-state index is 13.3. The molecule has 6 N–H and O–H groups in total. The van der Waals surface area contributed by atoms with Gasteiger partial charge in [0, 0.05) is 56.6 Å². The lowest BCUT2D eigenvalue weighted by atomic mass is 10.0. The second-order valence-electron chi connectivity index (χ2n) is 17.1. The van der Waals surface area contributed by atoms with Crippen LogP contribution in [-0.2, 0) is 66.7 Å². The standard InChI is InChI=1S/C26H26Cl2NO8PS.C26H22Cl2NO8PS/c2*1-37-38(34,19-7-4-6-18(30)15-19)10-9-17-12-21(27)24(22(28)13-17)25(31)29-23(26(32)33)14-16-5-3-8-20(11-16)39(2,35)36/h3-8,11-13,15,23,30H,9-10,14H2,1-2H3,(H,29,31)(H,32,33);3-8,11-13,15,23,30H,14H2,1-2H3,(H,29,31)(H,32,33)/t2*23-,38?/m00/s1. The molecule has 412 valence electrons. The molecule has 0 heterocycles. The Kier molecular flexibility index (Phi) is 21.4. The average Bonchev–Trinajstić information content (AvgIpc) is 3.39. The van der Waals surface area contributed by atoms with Crippen LogP contribution >= 0.6 is 61.1 Å². The van der Waals surface area contributed by atoms with Crippen LogP contribution in [-0.4, -0.2) is 106 Å². The third-order valence-corrected chi connectivity index (χ3v) is 19.1. The molecule has 0 aliphatic rings. The van der Waals surface area contributed by atoms with Gasteiger partial charge in [-0.1, -0.05) is 88.7 Å². The topological polar surface area (TPSA) is 294 Å². The fourth-order valence-electron chi connectivity index (χ4n) is 7.32. The van der Waals surface area contributed by atoms with Crippen molar-refractivity contribution in [3.05, 3.63) is 175 Å². The number of aliphatic carboxylic acids is 2. The van der Waals surface area contributed by atoms with Crippen LogP contribution in [0.2, 0.25) is 20.1 Å². The molecule has 6 rings (SSSR count). The van der Waals surface area contributed by atoms with Gasteiger partial charge in [-0.15, -0.1) is 0 Å². The van der Waals surface area contributed by atoms with Gasteiger partial charge < -0.3 is 40.1 Å². The van der Waals surface area contributed by atoms with Gasteiger partial charge in [-0.3, -0.25) is 18.7 Å². The monoisotopic (exact) mass is 1220 g/mol. The molecular weight excluding hydrogens is 1180 g/mol. The minimum absolute atomic E-state index is 0.0142. The van der Waals surface area contributed by atoms with Crippen LogP contribution in [0.25, 0.3) is 0 Å². The number of hydrogen-bond donors (Lipinski definition) is 6. The number of carbonyl (C=O) groups excluding carboxylic acids is 2. The zero-order valence-corrected chi connectivity index (χ0v) is 47.9. The summed E-state index contributed by atoms with van der Waals surface area (Å²) in [5.74, 6) is -1.91. The third kappa shape index (κ3) is 16.9. The first-order valence-corrected chi connectivity index (χ1v) is 31.2. The number of carboxylic acid groups (broad SMARTS) is 2. The molecule has 0 fully saturated rings. The molecule has 18 nitrogen and oxygen atoms in total. The Balaban J connectivity index is 0.000000287. The van der Waals surface area contributed by atoms with Crippen molar-refractivity contribution in [1.82, 2.24) is 10.6 Å². The van der Waals surface area contributed by atoms with Crippen molar-refractivity contribution in [2.24, 2.45) is 0 Å². The Bertz CT molecular complexity index is 3660. The van der Waals surface area contributed by atoms with Crippen LogP contribution in [0, 0.1) is 11.6 Å². The van der Waals surface area contributed by atoms with E-state index in [1.807, 2.05) is 0 Å². The summed E-state index contributed by atoms with van der Waals surface area (Å²) < 4.78 is 84.1. The van der Waals surface area contributed by atoms with Crippen molar-refractivity contribution in [3.63, 3.8) is 0 Å². The Hall–Kier alpha value is -6.20. The largest absolute Gasteiger partial charge is 0.508 e. The molecule has 2 unspecified atom stereocenters. The highest BCUT2D eigenvalue weighted by molar-refractivity contribution is 7.91. The van der Waals surface area contributed by atoms with Crippen molar-refractivity contribution >= 4 is 115 Å². The summed E-state index contributed by atoms with van der Waals surface area (Å²) in [6, 6.07) is 25.9. The van der Waals surface area contributed by atoms with E-state index in [-0.39, 0.29) is 88.8 Å². The third-order valence-electron chi connectivity index (χ3n) is 11.3. The Labute approximate surface area is 469 Å². The van der Waals surface area contributed by atoms with E-state index in [0.29, 0.717) is 22.0 Å². The quantitative estimate of drug-likeness (QED) is 0.0328. The highest BCUT2D eigenvalue weighted by Gasteiger charge is 2.29. The van der Waals surface area contributed by atoms with Crippen LogP contribution in [0.1, 0.15) is 43.0 Å². The maximum Gasteiger partial charge on any atom is 0.326 e. The fourth-order valence-corrected chi connectivity index (χ4v) is 13.2. The molecule has 0 spiro atoms. The Morgan fingerprint density at radius 2 is 0.987 bits per heavy atom. The van der Waals surface area contributed by atoms with Crippen LogP contribution in [0.5, 0.6) is 11.5 Å². The molecule has 6 aromatic carbocycles. The minimum atomic E-state index is -3.67. The number of nitrogens with one attached hydrogen (secondary N) is 2. The van der Waals surface area contributed by atoms with E-state index in [1.54, 1.807) is 24.3 Å². The van der Waals surface area contributed by atoms with Gasteiger partial charge in [0.15, 0.2) is 19.7 Å². The number of halogens is 4. The van der Waals surface area contributed by atoms with E-state index < -0.39 is 70.2 Å². The highest BCUT2D eigenvalue weighted by atomic mass is 35.5. The number of phenolic OH excluding ortho intramolecular Hbond substituents is 2. The first kappa shape index (κ1) is 62.6. The van der Waals surface area contributed by atoms with Crippen LogP contribution in [0.3, 0.4) is 0 Å². The zero-order valence-electron chi connectivity index (χ0n) is 41.4. The first-order valence-electron chi connectivity index (χ1n) is 22.5. The van der Waals surface area contributed by atoms with Gasteiger partial charge in [0.2, 0.25) is 7.37 Å². The SMILES string of the molecule is COP(=O)(C#Cc1cc(Cl)c(C(=O)N[C@@H](Cc2cccc(S(C)(=O)=O)c2)C(=O)O)c(Cl)c1)c1cccc(O)c1.COP(=O)(CCc1cc(Cl)c(C(=O)N[C@@H](Cc2cccc(S(C)(=O)=O)c2)C(=O)O)c(Cl)c1)c1cccc(O)c1. The summed E-state index contributed by atoms with van der Waals surface area (Å²) in [5.41, 5.74) is 3.72. The van der Waals surface area contributed by atoms with Crippen molar-refractivity contribution in [2.75, 3.05) is 32.9 Å². The normalized spacial score (nSPS) is 13.6. The average molecular weight is 1220 g/mol. The molecule has 26 heteroatoms. The summed E-state index contributed by atoms with van der Waals surface area (Å²) in [4.78, 5) is 49.7. The zero-order chi connectivity index (χ0) is 57.9. The highest BCUT2D eigenvalue weighted by Crippen LogP contribution is 2.46. The lowest BCUT2D eigenvalue weighted by molar-refractivity contribution is -0.140. The number of rotatable bonds is 19. The molecule has 0 radical (unpaired) electrons. The number of sulfone groups is 2. The Morgan fingerprint density at radius 3 is 1.38 bits per heavy atom. The number of aromatic hydroxyl groups is 2. The van der Waals surface area contributed by atoms with E-state index in [4.69, 9.17) is 55.5 Å². The van der Waals surface area contributed by atoms with Gasteiger partial charge >= 0.3 is 19.3 Å². The molecule has 0 aromatic heterocycles. The number of carbonyl (C=O) groups is 4. The van der Waals surface area contributed by atoms with Crippen LogP contribution in [0.4, 0.5) is 0 Å². The van der Waals surface area contributed by atoms with Gasteiger partial charge in [0.1, 0.15) is 23.6 Å². The summed E-state index contributed by atoms with van der Waals surface area (Å²) in [6.07, 6.45) is 1.97. The van der Waals surface area contributed by atoms with E-state index in [2.05, 4.69) is 22.2 Å². The van der Waals surface area contributed by atoms with Crippen LogP contribution < -0.4 is 21.2 Å². The number of phenols is 2. The van der Waals surface area contributed by atoms with Gasteiger partial charge in [0.25, 0.3) is 11.8 Å². The lowest BCUT2D eigenvalue weighted by Crippen LogP contribution is -2.42. The lowest BCUT2D eigenvalue weighted by Gasteiger charge is -2.18. The second kappa shape index (κ2) is 26.6. The van der Waals surface area contributed by atoms with E-state index in [9.17, 15) is 65.6 Å². The maximum absolute atomic E-state index is 13.3. The predicted molar refractivity (Wildman–Crippen MR) is 297 cm³/mol. The van der Waals surface area contributed by atoms with Gasteiger partial charge in [-0.2, -0.15) is 0 Å². The van der Waals surface area contributed by atoms with Crippen molar-refractivity contribution in [2.45, 2.75) is 41.1 Å². The molecule has 6 aromatic rings. The molecule has 0 saturated carbocycles. The first-order chi connectivity index (χ1) is 36.5. The smallest absolute Gasteiger partial charge is 0.326 e. The number of benzene rings is 6. The molecule has 4 atom stereocenters. The summed E-state index contributed by atoms with van der Waals surface area (Å²) in [5, 5.41) is 43.6. The number of aryl methyl sites for hydroxylation is 1. The number of carboxylic acids is 2. The predicted octanol–water partition coefficient (Wildman–Crippen LogP) is 8.41. The summed E-state index contributed by atoms with van der Waals surface area (Å²) >= 11 is 25.3. The van der Waals surface area contributed by atoms with Gasteiger partial charge in [-0.05, 0) is 114 Å². The van der Waals surface area contributed by atoms with E-state index in [1.165, 1.54) is 111 Å². The minimum Gasteiger partial charge on any atom is -0.508 e. The Morgan fingerprint density at radius 1 is 0.577 bits per heavy atom. The summed E-state index contributed by atoms with van der Waals surface area (Å²) in [7, 11) is -11.5. The number of amides is 2. The summed E-state index contributed by atoms with van der Waals surface area (Å²) in [6.45, 7) is 0. The fraction of sp³-hybridized carbons (Fsp3) is 0.192. The molecular formula is C52H48Cl4N2O16P2S2. The van der Waals surface area contributed by atoms with Gasteiger partial charge in [0.05, 0.1) is 46.3 Å². The van der Waals surface area contributed by atoms with Gasteiger partial charge in [-0.25, -0.2) is 26.4 Å². The van der Waals surface area contributed by atoms with Crippen molar-refractivity contribution in [3.8, 4) is 23.1 Å². The molecule has 78 heavy (non-hydrogen) atoms. The van der Waals surface area contributed by atoms with E-state index >= 15 is 0 Å². The molecule has 0 aliphatic carbocycles. The number of hydrogen-bond acceptors (Lipinski definition) is 14. The van der Waals surface area contributed by atoms with Crippen LogP contribution in [0.15, 0.2) is 131 Å². The molecule has 0 saturated heterocycles. The van der Waals surface area contributed by atoms with Crippen molar-refractivity contribution in [1.29, 1.82) is 0 Å². The molecule has 2 amide bonds. The van der Waals surface area contributed by atoms with Crippen molar-refractivity contribution < 1.29 is 74.6 Å². The molecule has 0 aliphatic heterocycles. The van der Waals surface area contributed by atoms with E-state index in [0.717, 1.165) is 12.5 Å². The second-order valence-corrected chi connectivity index (χ2v) is 27.6. The molecule has 0 bridgehead atoms.